The largest absolute Gasteiger partial charge is 0.494 e. The van der Waals surface area contributed by atoms with E-state index in [1.165, 1.54) is 12.8 Å². The first-order valence-corrected chi connectivity index (χ1v) is 14.4. The highest BCUT2D eigenvalue weighted by atomic mass is 16.5. The number of hydrogen-bond donors (Lipinski definition) is 1. The standard InChI is InChI=1S/C32H39N5O4/c1-40-31-23-27(7-12-30(31)34-39)33-26-13-17-37(18-14-26)32(38)15-16-35-19-21-36(22-20-35)28-8-10-29(11-9-28)41-24-25-5-3-2-4-6-25/h2-12,23,26,33H,13-22,24H2,1H3. The van der Waals surface area contributed by atoms with Crippen molar-refractivity contribution in [2.75, 3.05) is 63.1 Å². The molecule has 41 heavy (non-hydrogen) atoms. The van der Waals surface area contributed by atoms with Gasteiger partial charge in [0, 0.05) is 75.7 Å². The van der Waals surface area contributed by atoms with E-state index in [0.717, 1.165) is 75.7 Å². The highest BCUT2D eigenvalue weighted by Gasteiger charge is 2.24. The number of nitroso groups, excluding NO2 is 1. The summed E-state index contributed by atoms with van der Waals surface area (Å²) in [5, 5.41) is 6.49. The van der Waals surface area contributed by atoms with Crippen LogP contribution in [0.15, 0.2) is 78.0 Å². The van der Waals surface area contributed by atoms with E-state index in [1.54, 1.807) is 12.1 Å². The third-order valence-corrected chi connectivity index (χ3v) is 7.96. The van der Waals surface area contributed by atoms with Crippen LogP contribution >= 0.6 is 0 Å². The molecule has 2 saturated heterocycles. The summed E-state index contributed by atoms with van der Waals surface area (Å²) in [5.74, 6) is 1.57. The molecule has 5 rings (SSSR count). The van der Waals surface area contributed by atoms with Gasteiger partial charge in [-0.05, 0) is 60.0 Å². The number of rotatable bonds is 11. The summed E-state index contributed by atoms with van der Waals surface area (Å²) in [6, 6.07) is 24.1. The van der Waals surface area contributed by atoms with Crippen molar-refractivity contribution in [2.24, 2.45) is 5.18 Å². The number of nitrogens with zero attached hydrogens (tertiary/aromatic N) is 4. The van der Waals surface area contributed by atoms with Gasteiger partial charge in [0.15, 0.2) is 0 Å². The predicted octanol–water partition coefficient (Wildman–Crippen LogP) is 5.29. The normalized spacial score (nSPS) is 16.3. The molecular weight excluding hydrogens is 518 g/mol. The lowest BCUT2D eigenvalue weighted by Gasteiger charge is -2.37. The molecule has 0 atom stereocenters. The molecule has 0 bridgehead atoms. The fourth-order valence-electron chi connectivity index (χ4n) is 5.49. The molecule has 0 saturated carbocycles. The number of anilines is 2. The Morgan fingerprint density at radius 1 is 0.927 bits per heavy atom. The number of piperidine rings is 1. The fourth-order valence-corrected chi connectivity index (χ4v) is 5.49. The van der Waals surface area contributed by atoms with Crippen molar-refractivity contribution >= 4 is 23.0 Å². The van der Waals surface area contributed by atoms with Crippen LogP contribution in [-0.2, 0) is 11.4 Å². The van der Waals surface area contributed by atoms with Gasteiger partial charge >= 0.3 is 0 Å². The first-order valence-electron chi connectivity index (χ1n) is 14.4. The Labute approximate surface area is 242 Å². The van der Waals surface area contributed by atoms with Crippen LogP contribution in [0.3, 0.4) is 0 Å². The quantitative estimate of drug-likeness (QED) is 0.321. The molecule has 0 aromatic heterocycles. The van der Waals surface area contributed by atoms with E-state index in [4.69, 9.17) is 9.47 Å². The second-order valence-electron chi connectivity index (χ2n) is 10.6. The van der Waals surface area contributed by atoms with Crippen molar-refractivity contribution in [3.8, 4) is 11.5 Å². The zero-order chi connectivity index (χ0) is 28.4. The zero-order valence-electron chi connectivity index (χ0n) is 23.7. The van der Waals surface area contributed by atoms with E-state index in [0.29, 0.717) is 24.5 Å². The second-order valence-corrected chi connectivity index (χ2v) is 10.6. The molecule has 9 heteroatoms. The molecule has 9 nitrogen and oxygen atoms in total. The third-order valence-electron chi connectivity index (χ3n) is 7.96. The lowest BCUT2D eigenvalue weighted by Crippen LogP contribution is -2.48. The summed E-state index contributed by atoms with van der Waals surface area (Å²) < 4.78 is 11.2. The van der Waals surface area contributed by atoms with E-state index >= 15 is 0 Å². The Hall–Kier alpha value is -4.11. The lowest BCUT2D eigenvalue weighted by molar-refractivity contribution is -0.132. The van der Waals surface area contributed by atoms with Crippen molar-refractivity contribution in [3.05, 3.63) is 83.3 Å². The first kappa shape index (κ1) is 28.4. The van der Waals surface area contributed by atoms with Crippen molar-refractivity contribution in [1.29, 1.82) is 0 Å². The lowest BCUT2D eigenvalue weighted by atomic mass is 10.0. The minimum absolute atomic E-state index is 0.236. The Kier molecular flexibility index (Phi) is 9.69. The first-order chi connectivity index (χ1) is 20.1. The monoisotopic (exact) mass is 557 g/mol. The zero-order valence-corrected chi connectivity index (χ0v) is 23.7. The third kappa shape index (κ3) is 7.76. The van der Waals surface area contributed by atoms with Gasteiger partial charge < -0.3 is 24.6 Å². The summed E-state index contributed by atoms with van der Waals surface area (Å²) in [4.78, 5) is 30.6. The molecule has 2 aliphatic rings. The number of ether oxygens (including phenoxy) is 2. The van der Waals surface area contributed by atoms with Gasteiger partial charge in [-0.3, -0.25) is 9.69 Å². The van der Waals surface area contributed by atoms with E-state index < -0.39 is 0 Å². The molecule has 1 N–H and O–H groups in total. The van der Waals surface area contributed by atoms with Crippen molar-refractivity contribution in [1.82, 2.24) is 9.80 Å². The Morgan fingerprint density at radius 3 is 2.34 bits per heavy atom. The molecule has 2 fully saturated rings. The molecule has 2 heterocycles. The van der Waals surface area contributed by atoms with Crippen molar-refractivity contribution in [2.45, 2.75) is 31.9 Å². The fraction of sp³-hybridized carbons (Fsp3) is 0.406. The van der Waals surface area contributed by atoms with Crippen LogP contribution in [0, 0.1) is 4.91 Å². The van der Waals surface area contributed by atoms with Crippen LogP contribution in [0.1, 0.15) is 24.8 Å². The predicted molar refractivity (Wildman–Crippen MR) is 162 cm³/mol. The summed E-state index contributed by atoms with van der Waals surface area (Å²) in [7, 11) is 1.53. The van der Waals surface area contributed by atoms with Crippen LogP contribution in [-0.4, -0.2) is 74.7 Å². The SMILES string of the molecule is COc1cc(NC2CCN(C(=O)CCN3CCN(c4ccc(OCc5ccccc5)cc4)CC3)CC2)ccc1N=O. The molecule has 216 valence electrons. The molecule has 3 aromatic carbocycles. The molecule has 1 amide bonds. The number of piperazine rings is 1. The van der Waals surface area contributed by atoms with Gasteiger partial charge in [-0.2, -0.15) is 0 Å². The number of carbonyl (C=O) groups excluding carboxylic acids is 1. The topological polar surface area (TPSA) is 86.7 Å². The van der Waals surface area contributed by atoms with Gasteiger partial charge in [0.2, 0.25) is 5.91 Å². The highest BCUT2D eigenvalue weighted by Crippen LogP contribution is 2.31. The minimum atomic E-state index is 0.236. The summed E-state index contributed by atoms with van der Waals surface area (Å²) >= 11 is 0. The maximum absolute atomic E-state index is 12.9. The molecule has 0 spiro atoms. The molecule has 0 aliphatic carbocycles. The van der Waals surface area contributed by atoms with Crippen LogP contribution in [0.2, 0.25) is 0 Å². The van der Waals surface area contributed by atoms with Crippen molar-refractivity contribution in [3.63, 3.8) is 0 Å². The van der Waals surface area contributed by atoms with Gasteiger partial charge in [0.05, 0.1) is 7.11 Å². The van der Waals surface area contributed by atoms with Gasteiger partial charge in [-0.25, -0.2) is 0 Å². The van der Waals surface area contributed by atoms with Crippen LogP contribution < -0.4 is 19.7 Å². The summed E-state index contributed by atoms with van der Waals surface area (Å²) in [6.07, 6.45) is 2.33. The Morgan fingerprint density at radius 2 is 1.66 bits per heavy atom. The number of methoxy groups -OCH3 is 1. The smallest absolute Gasteiger partial charge is 0.223 e. The molecule has 0 unspecified atom stereocenters. The molecular formula is C32H39N5O4. The number of carbonyl (C=O) groups is 1. The van der Waals surface area contributed by atoms with E-state index in [1.807, 2.05) is 41.3 Å². The number of likely N-dealkylation sites (tertiary alicyclic amines) is 1. The van der Waals surface area contributed by atoms with E-state index in [-0.39, 0.29) is 11.9 Å². The number of hydrogen-bond acceptors (Lipinski definition) is 8. The van der Waals surface area contributed by atoms with Gasteiger partial charge in [-0.15, -0.1) is 4.91 Å². The van der Waals surface area contributed by atoms with Crippen LogP contribution in [0.25, 0.3) is 0 Å². The van der Waals surface area contributed by atoms with Gasteiger partial charge in [0.25, 0.3) is 0 Å². The maximum Gasteiger partial charge on any atom is 0.223 e. The highest BCUT2D eigenvalue weighted by molar-refractivity contribution is 5.76. The Bertz CT molecular complexity index is 1270. The van der Waals surface area contributed by atoms with Gasteiger partial charge in [0.1, 0.15) is 23.8 Å². The van der Waals surface area contributed by atoms with Crippen molar-refractivity contribution < 1.29 is 14.3 Å². The average molecular weight is 558 g/mol. The minimum Gasteiger partial charge on any atom is -0.494 e. The molecule has 2 aliphatic heterocycles. The molecule has 0 radical (unpaired) electrons. The number of nitrogens with one attached hydrogen (secondary N) is 1. The van der Waals surface area contributed by atoms with Crippen LogP contribution in [0.5, 0.6) is 11.5 Å². The van der Waals surface area contributed by atoms with Crippen LogP contribution in [0.4, 0.5) is 17.1 Å². The molecule has 3 aromatic rings. The second kappa shape index (κ2) is 14.0. The number of amides is 1. The Balaban J connectivity index is 0.991. The maximum atomic E-state index is 12.9. The van der Waals surface area contributed by atoms with E-state index in [9.17, 15) is 9.70 Å². The number of benzene rings is 3. The summed E-state index contributed by atoms with van der Waals surface area (Å²) in [6.45, 7) is 6.67. The summed E-state index contributed by atoms with van der Waals surface area (Å²) in [5.41, 5.74) is 3.55. The van der Waals surface area contributed by atoms with E-state index in [2.05, 4.69) is 44.6 Å². The average Bonchev–Trinajstić information content (AvgIpc) is 3.04. The van der Waals surface area contributed by atoms with Gasteiger partial charge in [-0.1, -0.05) is 30.3 Å².